The molecular formula is C17H23NO5. The van der Waals surface area contributed by atoms with Crippen LogP contribution in [0.3, 0.4) is 0 Å². The second-order valence-electron chi connectivity index (χ2n) is 5.72. The van der Waals surface area contributed by atoms with Crippen LogP contribution in [0.1, 0.15) is 31.2 Å². The Morgan fingerprint density at radius 2 is 1.87 bits per heavy atom. The summed E-state index contributed by atoms with van der Waals surface area (Å²) in [6.07, 6.45) is 3.69. The topological polar surface area (TPSA) is 84.9 Å². The van der Waals surface area contributed by atoms with Crippen LogP contribution >= 0.6 is 0 Å². The number of amides is 1. The zero-order valence-corrected chi connectivity index (χ0v) is 13.3. The molecule has 0 atom stereocenters. The Hall–Kier alpha value is -2.08. The van der Waals surface area contributed by atoms with Crippen LogP contribution in [0.4, 0.5) is 0 Å². The molecule has 0 unspecified atom stereocenters. The van der Waals surface area contributed by atoms with E-state index in [0.29, 0.717) is 6.54 Å². The van der Waals surface area contributed by atoms with Crippen LogP contribution < -0.4 is 10.1 Å². The van der Waals surface area contributed by atoms with Crippen molar-refractivity contribution in [3.63, 3.8) is 0 Å². The minimum Gasteiger partial charge on any atom is -0.497 e. The first-order valence-corrected chi connectivity index (χ1v) is 7.81. The van der Waals surface area contributed by atoms with E-state index in [9.17, 15) is 9.59 Å². The van der Waals surface area contributed by atoms with Gasteiger partial charge in [0.05, 0.1) is 19.1 Å². The van der Waals surface area contributed by atoms with Crippen LogP contribution in [-0.4, -0.2) is 43.9 Å². The van der Waals surface area contributed by atoms with Crippen molar-refractivity contribution in [1.82, 2.24) is 5.32 Å². The third-order valence-electron chi connectivity index (χ3n) is 4.29. The van der Waals surface area contributed by atoms with Crippen molar-refractivity contribution < 1.29 is 24.2 Å². The van der Waals surface area contributed by atoms with Crippen molar-refractivity contribution in [2.45, 2.75) is 31.1 Å². The standard InChI is InChI=1S/C17H23NO5/c1-22-14-6-4-13(5-7-14)17(8-2-3-9-17)16(21)18-10-11-23-12-15(19)20/h4-7H,2-3,8-12H2,1H3,(H,18,21)(H,19,20). The number of benzene rings is 1. The Bertz CT molecular complexity index is 534. The second kappa shape index (κ2) is 7.97. The van der Waals surface area contributed by atoms with Gasteiger partial charge in [-0.05, 0) is 30.5 Å². The number of hydrogen-bond donors (Lipinski definition) is 2. The molecule has 0 spiro atoms. The SMILES string of the molecule is COc1ccc(C2(C(=O)NCCOCC(=O)O)CCCC2)cc1. The summed E-state index contributed by atoms with van der Waals surface area (Å²) in [5.41, 5.74) is 0.499. The number of hydrogen-bond acceptors (Lipinski definition) is 4. The van der Waals surface area contributed by atoms with Crippen LogP contribution in [0.5, 0.6) is 5.75 Å². The smallest absolute Gasteiger partial charge is 0.329 e. The third kappa shape index (κ3) is 4.22. The van der Waals surface area contributed by atoms with Gasteiger partial charge in [-0.15, -0.1) is 0 Å². The predicted molar refractivity (Wildman–Crippen MR) is 84.6 cm³/mol. The summed E-state index contributed by atoms with van der Waals surface area (Å²) >= 11 is 0. The van der Waals surface area contributed by atoms with E-state index in [1.54, 1.807) is 7.11 Å². The molecule has 1 aliphatic rings. The largest absolute Gasteiger partial charge is 0.497 e. The molecule has 2 N–H and O–H groups in total. The monoisotopic (exact) mass is 321 g/mol. The second-order valence-corrected chi connectivity index (χ2v) is 5.72. The minimum absolute atomic E-state index is 0.0147. The molecule has 2 rings (SSSR count). The highest BCUT2D eigenvalue weighted by atomic mass is 16.5. The number of carboxylic acid groups (broad SMARTS) is 1. The molecule has 23 heavy (non-hydrogen) atoms. The van der Waals surface area contributed by atoms with Crippen LogP contribution in [0, 0.1) is 0 Å². The fraction of sp³-hybridized carbons (Fsp3) is 0.529. The molecule has 6 nitrogen and oxygen atoms in total. The van der Waals surface area contributed by atoms with E-state index < -0.39 is 11.4 Å². The van der Waals surface area contributed by atoms with E-state index >= 15 is 0 Å². The molecular weight excluding hydrogens is 298 g/mol. The first-order valence-electron chi connectivity index (χ1n) is 7.81. The van der Waals surface area contributed by atoms with Gasteiger partial charge in [-0.3, -0.25) is 4.79 Å². The van der Waals surface area contributed by atoms with Gasteiger partial charge in [0.15, 0.2) is 0 Å². The van der Waals surface area contributed by atoms with Crippen LogP contribution in [0.2, 0.25) is 0 Å². The van der Waals surface area contributed by atoms with Gasteiger partial charge in [0.1, 0.15) is 12.4 Å². The van der Waals surface area contributed by atoms with E-state index in [1.807, 2.05) is 24.3 Å². The van der Waals surface area contributed by atoms with Gasteiger partial charge >= 0.3 is 5.97 Å². The lowest BCUT2D eigenvalue weighted by Crippen LogP contribution is -2.43. The molecule has 0 aromatic heterocycles. The van der Waals surface area contributed by atoms with Gasteiger partial charge in [-0.1, -0.05) is 25.0 Å². The van der Waals surface area contributed by atoms with Crippen LogP contribution in [0.15, 0.2) is 24.3 Å². The lowest BCUT2D eigenvalue weighted by atomic mass is 9.78. The molecule has 1 fully saturated rings. The highest BCUT2D eigenvalue weighted by molar-refractivity contribution is 5.88. The number of nitrogens with one attached hydrogen (secondary N) is 1. The summed E-state index contributed by atoms with van der Waals surface area (Å²) in [5, 5.41) is 11.4. The molecule has 1 amide bonds. The van der Waals surface area contributed by atoms with Gasteiger partial charge in [-0.25, -0.2) is 4.79 Å². The summed E-state index contributed by atoms with van der Waals surface area (Å²) in [5.74, 6) is -0.259. The van der Waals surface area contributed by atoms with E-state index in [0.717, 1.165) is 37.0 Å². The summed E-state index contributed by atoms with van der Waals surface area (Å²) in [6, 6.07) is 7.65. The molecule has 0 saturated heterocycles. The van der Waals surface area contributed by atoms with Gasteiger partial charge in [0.2, 0.25) is 5.91 Å². The highest BCUT2D eigenvalue weighted by Crippen LogP contribution is 2.41. The van der Waals surface area contributed by atoms with Crippen molar-refractivity contribution in [3.8, 4) is 5.75 Å². The van der Waals surface area contributed by atoms with Crippen molar-refractivity contribution in [1.29, 1.82) is 0 Å². The number of carboxylic acids is 1. The zero-order chi connectivity index (χ0) is 16.7. The Morgan fingerprint density at radius 1 is 1.22 bits per heavy atom. The zero-order valence-electron chi connectivity index (χ0n) is 13.3. The van der Waals surface area contributed by atoms with Gasteiger partial charge in [0, 0.05) is 6.54 Å². The van der Waals surface area contributed by atoms with E-state index in [1.165, 1.54) is 0 Å². The first kappa shape index (κ1) is 17.3. The van der Waals surface area contributed by atoms with E-state index in [4.69, 9.17) is 14.6 Å². The van der Waals surface area contributed by atoms with Gasteiger partial charge in [-0.2, -0.15) is 0 Å². The van der Waals surface area contributed by atoms with Crippen molar-refractivity contribution in [2.75, 3.05) is 26.9 Å². The van der Waals surface area contributed by atoms with Gasteiger partial charge in [0.25, 0.3) is 0 Å². The molecule has 0 heterocycles. The predicted octanol–water partition coefficient (Wildman–Crippen LogP) is 1.72. The Labute approximate surface area is 135 Å². The maximum absolute atomic E-state index is 12.7. The molecule has 6 heteroatoms. The number of aliphatic carboxylic acids is 1. The normalized spacial score (nSPS) is 16.0. The molecule has 126 valence electrons. The van der Waals surface area contributed by atoms with Crippen LogP contribution in [0.25, 0.3) is 0 Å². The molecule has 1 aliphatic carbocycles. The molecule has 0 radical (unpaired) electrons. The summed E-state index contributed by atoms with van der Waals surface area (Å²) in [7, 11) is 1.62. The maximum atomic E-state index is 12.7. The fourth-order valence-electron chi connectivity index (χ4n) is 3.10. The average Bonchev–Trinajstić information content (AvgIpc) is 3.05. The Kier molecular flexibility index (Phi) is 5.98. The molecule has 0 aliphatic heterocycles. The summed E-state index contributed by atoms with van der Waals surface area (Å²) < 4.78 is 10.1. The lowest BCUT2D eigenvalue weighted by Gasteiger charge is -2.28. The van der Waals surface area contributed by atoms with Gasteiger partial charge < -0.3 is 19.9 Å². The number of methoxy groups -OCH3 is 1. The lowest BCUT2D eigenvalue weighted by molar-refractivity contribution is -0.142. The number of ether oxygens (including phenoxy) is 2. The average molecular weight is 321 g/mol. The molecule has 0 bridgehead atoms. The Balaban J connectivity index is 1.98. The highest BCUT2D eigenvalue weighted by Gasteiger charge is 2.42. The van der Waals surface area contributed by atoms with E-state index in [2.05, 4.69) is 5.32 Å². The molecule has 1 saturated carbocycles. The van der Waals surface area contributed by atoms with E-state index in [-0.39, 0.29) is 19.1 Å². The first-order chi connectivity index (χ1) is 11.1. The number of carbonyl (C=O) groups excluding carboxylic acids is 1. The maximum Gasteiger partial charge on any atom is 0.329 e. The summed E-state index contributed by atoms with van der Waals surface area (Å²) in [4.78, 5) is 23.1. The van der Waals surface area contributed by atoms with Crippen molar-refractivity contribution >= 4 is 11.9 Å². The minimum atomic E-state index is -1.01. The number of carbonyl (C=O) groups is 2. The fourth-order valence-corrected chi connectivity index (χ4v) is 3.10. The quantitative estimate of drug-likeness (QED) is 0.712. The van der Waals surface area contributed by atoms with Crippen LogP contribution in [-0.2, 0) is 19.7 Å². The third-order valence-corrected chi connectivity index (χ3v) is 4.29. The van der Waals surface area contributed by atoms with Crippen molar-refractivity contribution in [2.24, 2.45) is 0 Å². The number of rotatable bonds is 8. The molecule has 1 aromatic rings. The van der Waals surface area contributed by atoms with Crippen molar-refractivity contribution in [3.05, 3.63) is 29.8 Å². The Morgan fingerprint density at radius 3 is 2.43 bits per heavy atom. The molecule has 1 aromatic carbocycles. The summed E-state index contributed by atoms with van der Waals surface area (Å²) in [6.45, 7) is 0.153.